The smallest absolute Gasteiger partial charge is 0.251 e. The molecule has 2 unspecified atom stereocenters. The number of hydrogen-bond donors (Lipinski definition) is 3. The van der Waals surface area contributed by atoms with Gasteiger partial charge in [0.1, 0.15) is 0 Å². The van der Waals surface area contributed by atoms with Crippen molar-refractivity contribution in [2.45, 2.75) is 32.7 Å². The van der Waals surface area contributed by atoms with Gasteiger partial charge < -0.3 is 16.4 Å². The summed E-state index contributed by atoms with van der Waals surface area (Å²) in [4.78, 5) is 24.1. The average Bonchev–Trinajstić information content (AvgIpc) is 3.16. The third-order valence-corrected chi connectivity index (χ3v) is 3.80. The maximum Gasteiger partial charge on any atom is 0.251 e. The van der Waals surface area contributed by atoms with Crippen LogP contribution in [0.4, 0.5) is 5.69 Å². The van der Waals surface area contributed by atoms with Crippen LogP contribution in [0, 0.1) is 11.8 Å². The average molecular weight is 289 g/mol. The van der Waals surface area contributed by atoms with Gasteiger partial charge in [0, 0.05) is 29.3 Å². The van der Waals surface area contributed by atoms with E-state index in [2.05, 4.69) is 17.6 Å². The fourth-order valence-corrected chi connectivity index (χ4v) is 2.09. The molecule has 5 nitrogen and oxygen atoms in total. The molecule has 1 aromatic carbocycles. The summed E-state index contributed by atoms with van der Waals surface area (Å²) in [7, 11) is 0. The first kappa shape index (κ1) is 15.5. The molecule has 21 heavy (non-hydrogen) atoms. The molecule has 0 radical (unpaired) electrons. The van der Waals surface area contributed by atoms with Crippen LogP contribution in [0.1, 0.15) is 37.6 Å². The minimum Gasteiger partial charge on any atom is -0.346 e. The van der Waals surface area contributed by atoms with Crippen LogP contribution >= 0.6 is 0 Å². The first-order chi connectivity index (χ1) is 9.82. The highest BCUT2D eigenvalue weighted by atomic mass is 16.2. The zero-order chi connectivity index (χ0) is 15.6. The van der Waals surface area contributed by atoms with Crippen molar-refractivity contribution in [2.75, 3.05) is 11.9 Å². The molecule has 0 aliphatic heterocycles. The highest BCUT2D eigenvalue weighted by Gasteiger charge is 2.39. The van der Waals surface area contributed by atoms with Crippen molar-refractivity contribution in [1.82, 2.24) is 5.32 Å². The van der Waals surface area contributed by atoms with Crippen LogP contribution in [-0.2, 0) is 4.79 Å². The lowest BCUT2D eigenvalue weighted by Gasteiger charge is -2.24. The lowest BCUT2D eigenvalue weighted by molar-refractivity contribution is -0.117. The second kappa shape index (κ2) is 5.85. The highest BCUT2D eigenvalue weighted by Crippen LogP contribution is 2.38. The predicted octanol–water partition coefficient (Wildman–Crippen LogP) is 1.75. The van der Waals surface area contributed by atoms with Crippen LogP contribution in [0.3, 0.4) is 0 Å². The number of amides is 2. The van der Waals surface area contributed by atoms with Crippen LogP contribution in [-0.4, -0.2) is 23.9 Å². The minimum absolute atomic E-state index is 0.0300. The first-order valence-corrected chi connectivity index (χ1v) is 7.26. The highest BCUT2D eigenvalue weighted by molar-refractivity contribution is 5.98. The number of carbonyl (C=O) groups is 2. The van der Waals surface area contributed by atoms with Gasteiger partial charge in [0.05, 0.1) is 0 Å². The molecule has 2 rings (SSSR count). The normalized spacial score (nSPS) is 20.8. The number of rotatable bonds is 5. The van der Waals surface area contributed by atoms with Crippen LogP contribution < -0.4 is 16.4 Å². The van der Waals surface area contributed by atoms with Crippen molar-refractivity contribution in [2.24, 2.45) is 17.6 Å². The lowest BCUT2D eigenvalue weighted by atomic mass is 10.0. The third-order valence-electron chi connectivity index (χ3n) is 3.80. The summed E-state index contributed by atoms with van der Waals surface area (Å²) in [5.41, 5.74) is 6.31. The molecule has 1 fully saturated rings. The number of carbonyl (C=O) groups excluding carboxylic acids is 2. The number of benzene rings is 1. The molecule has 1 saturated carbocycles. The number of nitrogens with two attached hydrogens (primary N) is 1. The largest absolute Gasteiger partial charge is 0.346 e. The Morgan fingerprint density at radius 2 is 2.05 bits per heavy atom. The maximum absolute atomic E-state index is 12.2. The van der Waals surface area contributed by atoms with E-state index in [0.717, 1.165) is 6.42 Å². The molecule has 1 aromatic rings. The van der Waals surface area contributed by atoms with Gasteiger partial charge in [-0.25, -0.2) is 0 Å². The molecule has 0 heterocycles. The standard InChI is InChI=1S/C16H23N3O2/c1-10-7-13(10)15(21)18-12-6-4-5-11(8-12)14(20)19-16(2,3)9-17/h4-6,8,10,13H,7,9,17H2,1-3H3,(H,18,21)(H,19,20). The topological polar surface area (TPSA) is 84.2 Å². The third kappa shape index (κ3) is 4.04. The second-order valence-electron chi connectivity index (χ2n) is 6.43. The molecule has 1 aliphatic carbocycles. The van der Waals surface area contributed by atoms with Crippen molar-refractivity contribution < 1.29 is 9.59 Å². The summed E-state index contributed by atoms with van der Waals surface area (Å²) < 4.78 is 0. The summed E-state index contributed by atoms with van der Waals surface area (Å²) in [6.45, 7) is 6.15. The fraction of sp³-hybridized carbons (Fsp3) is 0.500. The van der Waals surface area contributed by atoms with Crippen molar-refractivity contribution in [3.05, 3.63) is 29.8 Å². The zero-order valence-corrected chi connectivity index (χ0v) is 12.8. The Hall–Kier alpha value is -1.88. The van der Waals surface area contributed by atoms with E-state index in [9.17, 15) is 9.59 Å². The summed E-state index contributed by atoms with van der Waals surface area (Å²) in [5.74, 6) is 0.407. The Bertz CT molecular complexity index is 554. The molecule has 2 atom stereocenters. The molecular formula is C16H23N3O2. The Balaban J connectivity index is 2.03. The molecule has 114 valence electrons. The summed E-state index contributed by atoms with van der Waals surface area (Å²) in [6.07, 6.45) is 0.941. The van der Waals surface area contributed by atoms with Gasteiger partial charge in [-0.1, -0.05) is 13.0 Å². The van der Waals surface area contributed by atoms with Crippen molar-refractivity contribution in [1.29, 1.82) is 0 Å². The van der Waals surface area contributed by atoms with Gasteiger partial charge in [-0.3, -0.25) is 9.59 Å². The number of nitrogens with one attached hydrogen (secondary N) is 2. The van der Waals surface area contributed by atoms with Crippen LogP contribution in [0.5, 0.6) is 0 Å². The van der Waals surface area contributed by atoms with E-state index in [-0.39, 0.29) is 17.7 Å². The van der Waals surface area contributed by atoms with Gasteiger partial charge in [0.25, 0.3) is 5.91 Å². The van der Waals surface area contributed by atoms with Gasteiger partial charge in [-0.05, 0) is 44.4 Å². The van der Waals surface area contributed by atoms with E-state index >= 15 is 0 Å². The van der Waals surface area contributed by atoms with E-state index in [1.165, 1.54) is 0 Å². The second-order valence-corrected chi connectivity index (χ2v) is 6.43. The Morgan fingerprint density at radius 1 is 1.38 bits per heavy atom. The molecule has 1 aliphatic rings. The molecule has 0 bridgehead atoms. The molecular weight excluding hydrogens is 266 g/mol. The van der Waals surface area contributed by atoms with Crippen molar-refractivity contribution in [3.8, 4) is 0 Å². The minimum atomic E-state index is -0.459. The van der Waals surface area contributed by atoms with Crippen molar-refractivity contribution in [3.63, 3.8) is 0 Å². The van der Waals surface area contributed by atoms with Crippen molar-refractivity contribution >= 4 is 17.5 Å². The maximum atomic E-state index is 12.2. The van der Waals surface area contributed by atoms with Gasteiger partial charge >= 0.3 is 0 Å². The summed E-state index contributed by atoms with van der Waals surface area (Å²) >= 11 is 0. The Kier molecular flexibility index (Phi) is 4.32. The van der Waals surface area contributed by atoms with Gasteiger partial charge in [0.15, 0.2) is 0 Å². The molecule has 2 amide bonds. The van der Waals surface area contributed by atoms with E-state index < -0.39 is 5.54 Å². The predicted molar refractivity (Wildman–Crippen MR) is 82.9 cm³/mol. The zero-order valence-electron chi connectivity index (χ0n) is 12.8. The molecule has 4 N–H and O–H groups in total. The van der Waals surface area contributed by atoms with E-state index in [1.54, 1.807) is 24.3 Å². The molecule has 5 heteroatoms. The van der Waals surface area contributed by atoms with E-state index in [0.29, 0.717) is 23.7 Å². The summed E-state index contributed by atoms with van der Waals surface area (Å²) in [6, 6.07) is 6.95. The summed E-state index contributed by atoms with van der Waals surface area (Å²) in [5, 5.41) is 5.73. The van der Waals surface area contributed by atoms with Gasteiger partial charge in [-0.15, -0.1) is 0 Å². The Morgan fingerprint density at radius 3 is 2.62 bits per heavy atom. The van der Waals surface area contributed by atoms with Crippen LogP contribution in [0.15, 0.2) is 24.3 Å². The first-order valence-electron chi connectivity index (χ1n) is 7.26. The molecule has 0 saturated heterocycles. The Labute approximate surface area is 125 Å². The lowest BCUT2D eigenvalue weighted by Crippen LogP contribution is -2.48. The number of hydrogen-bond acceptors (Lipinski definition) is 3. The van der Waals surface area contributed by atoms with E-state index in [1.807, 2.05) is 13.8 Å². The van der Waals surface area contributed by atoms with Gasteiger partial charge in [0.2, 0.25) is 5.91 Å². The fourth-order valence-electron chi connectivity index (χ4n) is 2.09. The van der Waals surface area contributed by atoms with Crippen LogP contribution in [0.2, 0.25) is 0 Å². The molecule has 0 spiro atoms. The number of anilines is 1. The molecule has 0 aromatic heterocycles. The quantitative estimate of drug-likeness (QED) is 0.772. The van der Waals surface area contributed by atoms with Crippen LogP contribution in [0.25, 0.3) is 0 Å². The monoisotopic (exact) mass is 289 g/mol. The SMILES string of the molecule is CC1CC1C(=O)Nc1cccc(C(=O)NC(C)(C)CN)c1. The van der Waals surface area contributed by atoms with E-state index in [4.69, 9.17) is 5.73 Å². The van der Waals surface area contributed by atoms with Gasteiger partial charge in [-0.2, -0.15) is 0 Å².